The highest BCUT2D eigenvalue weighted by atomic mass is 15.1. The molecule has 92 valence electrons. The third-order valence-corrected chi connectivity index (χ3v) is 3.25. The fraction of sp³-hybridized carbons (Fsp3) is 1.00. The second-order valence-corrected chi connectivity index (χ2v) is 5.08. The molecule has 0 saturated heterocycles. The van der Waals surface area contributed by atoms with E-state index in [-0.39, 0.29) is 0 Å². The summed E-state index contributed by atoms with van der Waals surface area (Å²) in [5.74, 6) is 1.42. The van der Waals surface area contributed by atoms with Crippen LogP contribution in [0.4, 0.5) is 0 Å². The van der Waals surface area contributed by atoms with Crippen LogP contribution in [0.5, 0.6) is 0 Å². The quantitative estimate of drug-likeness (QED) is 0.673. The van der Waals surface area contributed by atoms with Gasteiger partial charge in [0.2, 0.25) is 0 Å². The van der Waals surface area contributed by atoms with Crippen LogP contribution < -0.4 is 5.73 Å². The Hall–Kier alpha value is -0.0800. The van der Waals surface area contributed by atoms with Gasteiger partial charge in [-0.1, -0.05) is 27.7 Å². The van der Waals surface area contributed by atoms with E-state index in [1.54, 1.807) is 0 Å². The van der Waals surface area contributed by atoms with Crippen molar-refractivity contribution in [3.05, 3.63) is 0 Å². The molecule has 0 fully saturated rings. The third-order valence-electron chi connectivity index (χ3n) is 3.25. The van der Waals surface area contributed by atoms with E-state index < -0.39 is 0 Å². The number of hydrogen-bond acceptors (Lipinski definition) is 2. The second kappa shape index (κ2) is 8.12. The lowest BCUT2D eigenvalue weighted by Crippen LogP contribution is -2.39. The van der Waals surface area contributed by atoms with Crippen LogP contribution in [0.3, 0.4) is 0 Å². The third kappa shape index (κ3) is 6.16. The predicted molar refractivity (Wildman–Crippen MR) is 69.0 cm³/mol. The summed E-state index contributed by atoms with van der Waals surface area (Å²) in [4.78, 5) is 2.56. The van der Waals surface area contributed by atoms with Crippen molar-refractivity contribution in [2.24, 2.45) is 17.6 Å². The highest BCUT2D eigenvalue weighted by Gasteiger charge is 2.16. The molecule has 0 aliphatic carbocycles. The molecule has 0 saturated carbocycles. The molecule has 0 aliphatic heterocycles. The van der Waals surface area contributed by atoms with Gasteiger partial charge in [0, 0.05) is 12.6 Å². The summed E-state index contributed by atoms with van der Waals surface area (Å²) in [5.41, 5.74) is 5.84. The summed E-state index contributed by atoms with van der Waals surface area (Å²) < 4.78 is 0. The minimum atomic E-state index is 0.666. The Morgan fingerprint density at radius 2 is 1.73 bits per heavy atom. The van der Waals surface area contributed by atoms with Crippen molar-refractivity contribution < 1.29 is 0 Å². The fourth-order valence-electron chi connectivity index (χ4n) is 2.12. The average molecular weight is 214 g/mol. The topological polar surface area (TPSA) is 29.3 Å². The Bertz CT molecular complexity index is 145. The lowest BCUT2D eigenvalue weighted by Gasteiger charge is -2.31. The van der Waals surface area contributed by atoms with Crippen LogP contribution in [0.15, 0.2) is 0 Å². The Kier molecular flexibility index (Phi) is 8.07. The highest BCUT2D eigenvalue weighted by Crippen LogP contribution is 2.14. The van der Waals surface area contributed by atoms with E-state index in [2.05, 4.69) is 39.5 Å². The molecular weight excluding hydrogens is 184 g/mol. The molecular formula is C13H30N2. The SMILES string of the molecule is CCC(C)N(CC)CC(CN)CC(C)C. The Labute approximate surface area is 96.2 Å². The average Bonchev–Trinajstić information content (AvgIpc) is 2.22. The van der Waals surface area contributed by atoms with Crippen molar-refractivity contribution in [3.63, 3.8) is 0 Å². The molecule has 2 unspecified atom stereocenters. The van der Waals surface area contributed by atoms with Crippen molar-refractivity contribution in [3.8, 4) is 0 Å². The van der Waals surface area contributed by atoms with E-state index in [4.69, 9.17) is 5.73 Å². The molecule has 15 heavy (non-hydrogen) atoms. The van der Waals surface area contributed by atoms with E-state index in [0.717, 1.165) is 19.0 Å². The van der Waals surface area contributed by atoms with Gasteiger partial charge >= 0.3 is 0 Å². The minimum absolute atomic E-state index is 0.666. The molecule has 0 aromatic carbocycles. The van der Waals surface area contributed by atoms with Gasteiger partial charge in [-0.2, -0.15) is 0 Å². The summed E-state index contributed by atoms with van der Waals surface area (Å²) in [5, 5.41) is 0. The van der Waals surface area contributed by atoms with Crippen LogP contribution >= 0.6 is 0 Å². The van der Waals surface area contributed by atoms with Crippen molar-refractivity contribution in [2.75, 3.05) is 19.6 Å². The summed E-state index contributed by atoms with van der Waals surface area (Å²) in [6, 6.07) is 0.691. The number of nitrogens with zero attached hydrogens (tertiary/aromatic N) is 1. The van der Waals surface area contributed by atoms with Gasteiger partial charge in [0.15, 0.2) is 0 Å². The van der Waals surface area contributed by atoms with Crippen molar-refractivity contribution in [1.82, 2.24) is 4.90 Å². The van der Waals surface area contributed by atoms with Gasteiger partial charge in [-0.15, -0.1) is 0 Å². The van der Waals surface area contributed by atoms with Crippen molar-refractivity contribution in [2.45, 2.75) is 53.5 Å². The first-order chi connectivity index (χ1) is 7.04. The second-order valence-electron chi connectivity index (χ2n) is 5.08. The molecule has 0 aromatic heterocycles. The molecule has 2 nitrogen and oxygen atoms in total. The maximum Gasteiger partial charge on any atom is 0.00643 e. The standard InChI is InChI=1S/C13H30N2/c1-6-12(5)15(7-2)10-13(9-14)8-11(3)4/h11-13H,6-10,14H2,1-5H3. The van der Waals surface area contributed by atoms with Gasteiger partial charge in [-0.25, -0.2) is 0 Å². The number of rotatable bonds is 8. The molecule has 2 heteroatoms. The maximum atomic E-state index is 5.84. The van der Waals surface area contributed by atoms with E-state index >= 15 is 0 Å². The van der Waals surface area contributed by atoms with Crippen LogP contribution in [0.25, 0.3) is 0 Å². The molecule has 0 aromatic rings. The summed E-state index contributed by atoms with van der Waals surface area (Å²) in [7, 11) is 0. The van der Waals surface area contributed by atoms with Crippen LogP contribution in [-0.4, -0.2) is 30.6 Å². The normalized spacial score (nSPS) is 16.0. The summed E-state index contributed by atoms with van der Waals surface area (Å²) in [6.07, 6.45) is 2.48. The maximum absolute atomic E-state index is 5.84. The summed E-state index contributed by atoms with van der Waals surface area (Å²) in [6.45, 7) is 14.5. The zero-order chi connectivity index (χ0) is 11.8. The van der Waals surface area contributed by atoms with Crippen LogP contribution in [0, 0.1) is 11.8 Å². The number of hydrogen-bond donors (Lipinski definition) is 1. The molecule has 0 aliphatic rings. The monoisotopic (exact) mass is 214 g/mol. The van der Waals surface area contributed by atoms with Gasteiger partial charge in [-0.05, 0) is 44.7 Å². The molecule has 0 amide bonds. The van der Waals surface area contributed by atoms with E-state index in [0.29, 0.717) is 12.0 Å². The lowest BCUT2D eigenvalue weighted by atomic mass is 9.96. The van der Waals surface area contributed by atoms with Crippen molar-refractivity contribution in [1.29, 1.82) is 0 Å². The van der Waals surface area contributed by atoms with Gasteiger partial charge in [-0.3, -0.25) is 0 Å². The van der Waals surface area contributed by atoms with E-state index in [1.807, 2.05) is 0 Å². The van der Waals surface area contributed by atoms with Crippen LogP contribution in [0.1, 0.15) is 47.5 Å². The molecule has 2 N–H and O–H groups in total. The minimum Gasteiger partial charge on any atom is -0.330 e. The lowest BCUT2D eigenvalue weighted by molar-refractivity contribution is 0.173. The van der Waals surface area contributed by atoms with Crippen LogP contribution in [0.2, 0.25) is 0 Å². The first kappa shape index (κ1) is 14.9. The zero-order valence-electron chi connectivity index (χ0n) is 11.3. The predicted octanol–water partition coefficient (Wildman–Crippen LogP) is 2.73. The van der Waals surface area contributed by atoms with Gasteiger partial charge < -0.3 is 10.6 Å². The molecule has 0 rings (SSSR count). The van der Waals surface area contributed by atoms with Crippen LogP contribution in [-0.2, 0) is 0 Å². The highest BCUT2D eigenvalue weighted by molar-refractivity contribution is 4.71. The summed E-state index contributed by atoms with van der Waals surface area (Å²) >= 11 is 0. The smallest absolute Gasteiger partial charge is 0.00643 e. The van der Waals surface area contributed by atoms with Gasteiger partial charge in [0.05, 0.1) is 0 Å². The molecule has 0 spiro atoms. The first-order valence-electron chi connectivity index (χ1n) is 6.49. The van der Waals surface area contributed by atoms with E-state index in [9.17, 15) is 0 Å². The first-order valence-corrected chi connectivity index (χ1v) is 6.49. The Balaban J connectivity index is 4.11. The van der Waals surface area contributed by atoms with Crippen molar-refractivity contribution >= 4 is 0 Å². The Morgan fingerprint density at radius 1 is 1.13 bits per heavy atom. The zero-order valence-corrected chi connectivity index (χ0v) is 11.3. The molecule has 0 bridgehead atoms. The van der Waals surface area contributed by atoms with E-state index in [1.165, 1.54) is 19.4 Å². The Morgan fingerprint density at radius 3 is 2.07 bits per heavy atom. The van der Waals surface area contributed by atoms with Gasteiger partial charge in [0.25, 0.3) is 0 Å². The largest absolute Gasteiger partial charge is 0.330 e. The fourth-order valence-corrected chi connectivity index (χ4v) is 2.12. The van der Waals surface area contributed by atoms with Gasteiger partial charge in [0.1, 0.15) is 0 Å². The molecule has 0 radical (unpaired) electrons. The number of nitrogens with two attached hydrogens (primary N) is 1. The molecule has 2 atom stereocenters. The molecule has 0 heterocycles.